The Hall–Kier alpha value is -1.09. The number of rotatable bonds is 4. The van der Waals surface area contributed by atoms with Gasteiger partial charge in [-0.05, 0) is 61.7 Å². The van der Waals surface area contributed by atoms with Gasteiger partial charge >= 0.3 is 0 Å². The molecule has 1 aliphatic rings. The van der Waals surface area contributed by atoms with E-state index >= 15 is 0 Å². The van der Waals surface area contributed by atoms with E-state index in [0.717, 1.165) is 18.4 Å². The quantitative estimate of drug-likeness (QED) is 0.819. The molecule has 3 heteroatoms. The number of hydrogen-bond donors (Lipinski definition) is 2. The summed E-state index contributed by atoms with van der Waals surface area (Å²) in [7, 11) is 0. The van der Waals surface area contributed by atoms with Crippen LogP contribution < -0.4 is 11.1 Å². The van der Waals surface area contributed by atoms with E-state index in [2.05, 4.69) is 35.6 Å². The smallest absolute Gasteiger partial charge is 0.163 e. The van der Waals surface area contributed by atoms with Crippen LogP contribution in [0.5, 0.6) is 0 Å². The second kappa shape index (κ2) is 6.74. The van der Waals surface area contributed by atoms with Crippen LogP contribution in [0, 0.1) is 11.8 Å². The molecule has 0 heterocycles. The third-order valence-electron chi connectivity index (χ3n) is 3.90. The fourth-order valence-corrected chi connectivity index (χ4v) is 2.92. The zero-order chi connectivity index (χ0) is 12.8. The molecular formula is C15H22N2S. The highest BCUT2D eigenvalue weighted by molar-refractivity contribution is 7.80. The number of thiocarbonyl (C=S) groups is 1. The maximum absolute atomic E-state index is 5.46. The van der Waals surface area contributed by atoms with Gasteiger partial charge in [-0.15, -0.1) is 0 Å². The molecule has 1 aliphatic carbocycles. The molecule has 0 aliphatic heterocycles. The summed E-state index contributed by atoms with van der Waals surface area (Å²) in [5.74, 6) is 1.60. The van der Waals surface area contributed by atoms with E-state index in [0.29, 0.717) is 5.11 Å². The van der Waals surface area contributed by atoms with Crippen molar-refractivity contribution in [1.29, 1.82) is 0 Å². The first-order chi connectivity index (χ1) is 8.74. The minimum atomic E-state index is 0.432. The molecule has 0 bridgehead atoms. The molecule has 0 unspecified atom stereocenters. The van der Waals surface area contributed by atoms with Crippen LogP contribution >= 0.6 is 12.2 Å². The lowest BCUT2D eigenvalue weighted by molar-refractivity contribution is 0.273. The Kier molecular flexibility index (Phi) is 5.00. The number of benzene rings is 1. The minimum Gasteiger partial charge on any atom is -0.376 e. The molecule has 1 fully saturated rings. The van der Waals surface area contributed by atoms with Crippen LogP contribution in [0.1, 0.15) is 31.2 Å². The first-order valence-corrected chi connectivity index (χ1v) is 7.22. The van der Waals surface area contributed by atoms with Crippen LogP contribution in [0.25, 0.3) is 0 Å². The van der Waals surface area contributed by atoms with Crippen LogP contribution in [0.3, 0.4) is 0 Å². The van der Waals surface area contributed by atoms with E-state index in [1.165, 1.54) is 37.7 Å². The number of nitrogens with one attached hydrogen (secondary N) is 1. The molecule has 0 amide bonds. The van der Waals surface area contributed by atoms with Crippen molar-refractivity contribution in [3.8, 4) is 0 Å². The van der Waals surface area contributed by atoms with E-state index in [-0.39, 0.29) is 0 Å². The van der Waals surface area contributed by atoms with Gasteiger partial charge in [-0.2, -0.15) is 0 Å². The third-order valence-corrected chi connectivity index (χ3v) is 4.04. The SMILES string of the molecule is NC(=S)NCC1CCC(Cc2ccccc2)CC1. The molecule has 0 saturated heterocycles. The molecule has 1 saturated carbocycles. The van der Waals surface area contributed by atoms with Gasteiger partial charge in [0, 0.05) is 6.54 Å². The van der Waals surface area contributed by atoms with Gasteiger partial charge in [0.1, 0.15) is 0 Å². The minimum absolute atomic E-state index is 0.432. The zero-order valence-electron chi connectivity index (χ0n) is 10.8. The fraction of sp³-hybridized carbons (Fsp3) is 0.533. The van der Waals surface area contributed by atoms with E-state index in [1.807, 2.05) is 0 Å². The second-order valence-corrected chi connectivity index (χ2v) is 5.76. The van der Waals surface area contributed by atoms with Crippen molar-refractivity contribution < 1.29 is 0 Å². The molecule has 98 valence electrons. The Labute approximate surface area is 115 Å². The standard InChI is InChI=1S/C15H22N2S/c16-15(18)17-11-14-8-6-13(7-9-14)10-12-4-2-1-3-5-12/h1-5,13-14H,6-11H2,(H3,16,17,18). The van der Waals surface area contributed by atoms with Crippen molar-refractivity contribution in [3.05, 3.63) is 35.9 Å². The predicted molar refractivity (Wildman–Crippen MR) is 80.4 cm³/mol. The maximum Gasteiger partial charge on any atom is 0.163 e. The Bertz CT molecular complexity index is 369. The molecule has 18 heavy (non-hydrogen) atoms. The van der Waals surface area contributed by atoms with Gasteiger partial charge in [0.25, 0.3) is 0 Å². The summed E-state index contributed by atoms with van der Waals surface area (Å²) in [6, 6.07) is 10.8. The highest BCUT2D eigenvalue weighted by Gasteiger charge is 2.21. The topological polar surface area (TPSA) is 38.0 Å². The molecule has 3 N–H and O–H groups in total. The Morgan fingerprint density at radius 3 is 2.33 bits per heavy atom. The average Bonchev–Trinajstić information content (AvgIpc) is 2.39. The van der Waals surface area contributed by atoms with E-state index in [4.69, 9.17) is 18.0 Å². The van der Waals surface area contributed by atoms with Crippen LogP contribution in [0.15, 0.2) is 30.3 Å². The summed E-state index contributed by atoms with van der Waals surface area (Å²) in [4.78, 5) is 0. The van der Waals surface area contributed by atoms with Crippen LogP contribution in [0.2, 0.25) is 0 Å². The molecule has 0 atom stereocenters. The Morgan fingerprint density at radius 1 is 1.11 bits per heavy atom. The van der Waals surface area contributed by atoms with Gasteiger partial charge in [-0.25, -0.2) is 0 Å². The Balaban J connectivity index is 1.72. The van der Waals surface area contributed by atoms with E-state index in [9.17, 15) is 0 Å². The molecule has 2 nitrogen and oxygen atoms in total. The van der Waals surface area contributed by atoms with Crippen molar-refractivity contribution in [1.82, 2.24) is 5.32 Å². The zero-order valence-corrected chi connectivity index (χ0v) is 11.6. The number of nitrogens with two attached hydrogens (primary N) is 1. The third kappa shape index (κ3) is 4.30. The van der Waals surface area contributed by atoms with Crippen molar-refractivity contribution in [2.75, 3.05) is 6.54 Å². The van der Waals surface area contributed by atoms with Crippen LogP contribution in [-0.4, -0.2) is 11.7 Å². The maximum atomic E-state index is 5.46. The lowest BCUT2D eigenvalue weighted by atomic mass is 9.79. The lowest BCUT2D eigenvalue weighted by Crippen LogP contribution is -2.34. The van der Waals surface area contributed by atoms with Gasteiger partial charge in [0.05, 0.1) is 0 Å². The monoisotopic (exact) mass is 262 g/mol. The molecule has 0 radical (unpaired) electrons. The summed E-state index contributed by atoms with van der Waals surface area (Å²) in [6.45, 7) is 0.952. The lowest BCUT2D eigenvalue weighted by Gasteiger charge is -2.28. The summed E-state index contributed by atoms with van der Waals surface area (Å²) in [6.07, 6.45) is 6.49. The van der Waals surface area contributed by atoms with E-state index in [1.54, 1.807) is 0 Å². The average molecular weight is 262 g/mol. The van der Waals surface area contributed by atoms with Gasteiger partial charge in [0.15, 0.2) is 5.11 Å². The van der Waals surface area contributed by atoms with Gasteiger partial charge in [-0.1, -0.05) is 30.3 Å². The van der Waals surface area contributed by atoms with Crippen molar-refractivity contribution in [2.24, 2.45) is 17.6 Å². The van der Waals surface area contributed by atoms with Crippen molar-refractivity contribution in [3.63, 3.8) is 0 Å². The first-order valence-electron chi connectivity index (χ1n) is 6.81. The summed E-state index contributed by atoms with van der Waals surface area (Å²) >= 11 is 4.84. The molecule has 0 spiro atoms. The second-order valence-electron chi connectivity index (χ2n) is 5.32. The van der Waals surface area contributed by atoms with Crippen molar-refractivity contribution in [2.45, 2.75) is 32.1 Å². The van der Waals surface area contributed by atoms with E-state index < -0.39 is 0 Å². The Morgan fingerprint density at radius 2 is 1.72 bits per heavy atom. The number of hydrogen-bond acceptors (Lipinski definition) is 1. The van der Waals surface area contributed by atoms with Gasteiger partial charge in [0.2, 0.25) is 0 Å². The van der Waals surface area contributed by atoms with Crippen molar-refractivity contribution >= 4 is 17.3 Å². The van der Waals surface area contributed by atoms with Crippen LogP contribution in [0.4, 0.5) is 0 Å². The summed E-state index contributed by atoms with van der Waals surface area (Å²) in [5.41, 5.74) is 6.93. The van der Waals surface area contributed by atoms with Crippen LogP contribution in [-0.2, 0) is 6.42 Å². The molecular weight excluding hydrogens is 240 g/mol. The normalized spacial score (nSPS) is 23.6. The van der Waals surface area contributed by atoms with Gasteiger partial charge in [-0.3, -0.25) is 0 Å². The molecule has 1 aromatic carbocycles. The molecule has 2 rings (SSSR count). The molecule has 1 aromatic rings. The summed E-state index contributed by atoms with van der Waals surface area (Å²) in [5, 5.41) is 3.52. The first kappa shape index (κ1) is 13.3. The highest BCUT2D eigenvalue weighted by atomic mass is 32.1. The highest BCUT2D eigenvalue weighted by Crippen LogP contribution is 2.30. The predicted octanol–water partition coefficient (Wildman–Crippen LogP) is 2.87. The largest absolute Gasteiger partial charge is 0.376 e. The molecule has 0 aromatic heterocycles. The van der Waals surface area contributed by atoms with Gasteiger partial charge < -0.3 is 11.1 Å². The summed E-state index contributed by atoms with van der Waals surface area (Å²) < 4.78 is 0. The fourth-order valence-electron chi connectivity index (χ4n) is 2.83.